The van der Waals surface area contributed by atoms with Gasteiger partial charge in [-0.2, -0.15) is 0 Å². The summed E-state index contributed by atoms with van der Waals surface area (Å²) in [7, 11) is 5.86. The summed E-state index contributed by atoms with van der Waals surface area (Å²) < 4.78 is 13.1. The molecule has 2 heteroatoms. The van der Waals surface area contributed by atoms with Gasteiger partial charge >= 0.3 is 0 Å². The Morgan fingerprint density at radius 3 is 2.67 bits per heavy atom. The van der Waals surface area contributed by atoms with Crippen LogP contribution in [0.25, 0.3) is 0 Å². The SMILES string of the molecule is [B]C1CCCC(F)CC(C)CC1. The lowest BCUT2D eigenvalue weighted by atomic mass is 9.79. The predicted octanol–water partition coefficient (Wildman–Crippen LogP) is 3.27. The first-order valence-electron chi connectivity index (χ1n) is 5.08. The Bertz CT molecular complexity index is 127. The standard InChI is InChI=1S/C10H18BF/c1-8-5-6-9(11)3-2-4-10(12)7-8/h8-10H,2-7H2,1H3. The normalized spacial score (nSPS) is 39.7. The van der Waals surface area contributed by atoms with Crippen molar-refractivity contribution in [2.24, 2.45) is 5.92 Å². The molecule has 0 saturated heterocycles. The first kappa shape index (κ1) is 10.1. The van der Waals surface area contributed by atoms with Gasteiger partial charge in [0, 0.05) is 0 Å². The van der Waals surface area contributed by atoms with Crippen molar-refractivity contribution >= 4 is 7.85 Å². The van der Waals surface area contributed by atoms with Crippen LogP contribution in [-0.4, -0.2) is 14.0 Å². The molecule has 3 unspecified atom stereocenters. The fourth-order valence-electron chi connectivity index (χ4n) is 1.92. The molecule has 0 nitrogen and oxygen atoms in total. The van der Waals surface area contributed by atoms with Crippen molar-refractivity contribution in [1.29, 1.82) is 0 Å². The van der Waals surface area contributed by atoms with Crippen LogP contribution in [0, 0.1) is 5.92 Å². The van der Waals surface area contributed by atoms with Crippen molar-refractivity contribution in [3.8, 4) is 0 Å². The van der Waals surface area contributed by atoms with E-state index in [0.717, 1.165) is 38.5 Å². The maximum Gasteiger partial charge on any atom is 0.100 e. The molecular weight excluding hydrogens is 150 g/mol. The maximum atomic E-state index is 13.1. The minimum atomic E-state index is -0.578. The van der Waals surface area contributed by atoms with Gasteiger partial charge in [0.2, 0.25) is 0 Å². The van der Waals surface area contributed by atoms with Crippen molar-refractivity contribution in [2.75, 3.05) is 0 Å². The Hall–Kier alpha value is -0.00506. The molecule has 1 aliphatic carbocycles. The van der Waals surface area contributed by atoms with Crippen LogP contribution >= 0.6 is 0 Å². The molecule has 0 heterocycles. The van der Waals surface area contributed by atoms with Crippen molar-refractivity contribution in [3.05, 3.63) is 0 Å². The zero-order chi connectivity index (χ0) is 8.97. The summed E-state index contributed by atoms with van der Waals surface area (Å²) in [5, 5.41) is 0. The zero-order valence-corrected chi connectivity index (χ0v) is 7.93. The van der Waals surface area contributed by atoms with E-state index in [1.165, 1.54) is 0 Å². The molecule has 0 aromatic rings. The van der Waals surface area contributed by atoms with Gasteiger partial charge < -0.3 is 0 Å². The Morgan fingerprint density at radius 2 is 1.92 bits per heavy atom. The highest BCUT2D eigenvalue weighted by molar-refractivity contribution is 6.11. The van der Waals surface area contributed by atoms with Crippen molar-refractivity contribution in [2.45, 2.75) is 57.4 Å². The molecule has 0 amide bonds. The highest BCUT2D eigenvalue weighted by Gasteiger charge is 2.16. The number of halogens is 1. The van der Waals surface area contributed by atoms with Gasteiger partial charge in [-0.3, -0.25) is 0 Å². The van der Waals surface area contributed by atoms with Gasteiger partial charge in [-0.25, -0.2) is 4.39 Å². The molecule has 0 aromatic carbocycles. The maximum absolute atomic E-state index is 13.1. The number of rotatable bonds is 0. The van der Waals surface area contributed by atoms with Crippen molar-refractivity contribution < 1.29 is 4.39 Å². The zero-order valence-electron chi connectivity index (χ0n) is 7.93. The Morgan fingerprint density at radius 1 is 1.17 bits per heavy atom. The fourth-order valence-corrected chi connectivity index (χ4v) is 1.92. The van der Waals surface area contributed by atoms with Crippen LogP contribution in [0.15, 0.2) is 0 Å². The van der Waals surface area contributed by atoms with Gasteiger partial charge in [0.25, 0.3) is 0 Å². The van der Waals surface area contributed by atoms with Crippen LogP contribution in [-0.2, 0) is 0 Å². The topological polar surface area (TPSA) is 0 Å². The molecule has 0 bridgehead atoms. The van der Waals surface area contributed by atoms with Gasteiger partial charge in [0.1, 0.15) is 6.17 Å². The highest BCUT2D eigenvalue weighted by atomic mass is 19.1. The lowest BCUT2D eigenvalue weighted by molar-refractivity contribution is 0.256. The van der Waals surface area contributed by atoms with E-state index in [2.05, 4.69) is 6.92 Å². The van der Waals surface area contributed by atoms with Crippen LogP contribution in [0.2, 0.25) is 5.82 Å². The van der Waals surface area contributed by atoms with Gasteiger partial charge in [0.15, 0.2) is 0 Å². The van der Waals surface area contributed by atoms with E-state index in [0.29, 0.717) is 11.7 Å². The molecule has 2 radical (unpaired) electrons. The van der Waals surface area contributed by atoms with Crippen molar-refractivity contribution in [1.82, 2.24) is 0 Å². The molecule has 0 aliphatic heterocycles. The molecule has 0 N–H and O–H groups in total. The van der Waals surface area contributed by atoms with Crippen LogP contribution in [0.3, 0.4) is 0 Å². The second-order valence-corrected chi connectivity index (χ2v) is 4.21. The first-order chi connectivity index (χ1) is 5.68. The third kappa shape index (κ3) is 3.60. The van der Waals surface area contributed by atoms with Gasteiger partial charge in [-0.1, -0.05) is 38.4 Å². The van der Waals surface area contributed by atoms with E-state index in [-0.39, 0.29) is 0 Å². The van der Waals surface area contributed by atoms with E-state index in [1.807, 2.05) is 0 Å². The quantitative estimate of drug-likeness (QED) is 0.487. The summed E-state index contributed by atoms with van der Waals surface area (Å²) >= 11 is 0. The summed E-state index contributed by atoms with van der Waals surface area (Å²) in [4.78, 5) is 0. The van der Waals surface area contributed by atoms with E-state index in [1.54, 1.807) is 0 Å². The highest BCUT2D eigenvalue weighted by Crippen LogP contribution is 2.27. The Balaban J connectivity index is 2.36. The smallest absolute Gasteiger partial charge is 0.100 e. The molecule has 68 valence electrons. The molecule has 1 saturated carbocycles. The van der Waals surface area contributed by atoms with Gasteiger partial charge in [0.05, 0.1) is 7.85 Å². The summed E-state index contributed by atoms with van der Waals surface area (Å²) in [6.45, 7) is 2.13. The monoisotopic (exact) mass is 168 g/mol. The first-order valence-corrected chi connectivity index (χ1v) is 5.08. The minimum Gasteiger partial charge on any atom is -0.247 e. The number of alkyl halides is 1. The third-order valence-corrected chi connectivity index (χ3v) is 2.78. The Kier molecular flexibility index (Phi) is 4.10. The van der Waals surface area contributed by atoms with E-state index in [4.69, 9.17) is 7.85 Å². The molecule has 1 rings (SSSR count). The van der Waals surface area contributed by atoms with E-state index >= 15 is 0 Å². The molecule has 0 spiro atoms. The second-order valence-electron chi connectivity index (χ2n) is 4.21. The Labute approximate surface area is 76.3 Å². The molecular formula is C10H18BF. The predicted molar refractivity (Wildman–Crippen MR) is 51.3 cm³/mol. The number of hydrogen-bond acceptors (Lipinski definition) is 0. The molecule has 0 aromatic heterocycles. The number of hydrogen-bond donors (Lipinski definition) is 0. The lowest BCUT2D eigenvalue weighted by Crippen LogP contribution is -2.05. The van der Waals surface area contributed by atoms with Crippen LogP contribution in [0.5, 0.6) is 0 Å². The average Bonchev–Trinajstić information content (AvgIpc) is 2.05. The second kappa shape index (κ2) is 4.88. The van der Waals surface area contributed by atoms with Gasteiger partial charge in [-0.05, 0) is 18.8 Å². The summed E-state index contributed by atoms with van der Waals surface area (Å²) in [6.07, 6.45) is 5.04. The fraction of sp³-hybridized carbons (Fsp3) is 1.00. The van der Waals surface area contributed by atoms with Crippen molar-refractivity contribution in [3.63, 3.8) is 0 Å². The average molecular weight is 168 g/mol. The van der Waals surface area contributed by atoms with E-state index < -0.39 is 6.17 Å². The molecule has 3 atom stereocenters. The molecule has 1 aliphatic rings. The molecule has 1 fully saturated rings. The van der Waals surface area contributed by atoms with E-state index in [9.17, 15) is 4.39 Å². The van der Waals surface area contributed by atoms with Crippen LogP contribution in [0.1, 0.15) is 45.4 Å². The van der Waals surface area contributed by atoms with Crippen LogP contribution in [0.4, 0.5) is 4.39 Å². The lowest BCUT2D eigenvalue weighted by Gasteiger charge is -2.12. The summed E-state index contributed by atoms with van der Waals surface area (Å²) in [5.41, 5.74) is 0. The largest absolute Gasteiger partial charge is 0.247 e. The van der Waals surface area contributed by atoms with Gasteiger partial charge in [-0.15, -0.1) is 0 Å². The van der Waals surface area contributed by atoms with Crippen LogP contribution < -0.4 is 0 Å². The third-order valence-electron chi connectivity index (χ3n) is 2.78. The summed E-state index contributed by atoms with van der Waals surface area (Å²) in [6, 6.07) is 0. The molecule has 12 heavy (non-hydrogen) atoms. The minimum absolute atomic E-state index is 0.317. The summed E-state index contributed by atoms with van der Waals surface area (Å²) in [5.74, 6) is 0.835.